The van der Waals surface area contributed by atoms with Crippen LogP contribution in [0.15, 0.2) is 65.4 Å². The number of hydrogen-bond acceptors (Lipinski definition) is 1. The van der Waals surface area contributed by atoms with Crippen molar-refractivity contribution in [1.29, 1.82) is 0 Å². The molecule has 2 heteroatoms. The molecule has 0 unspecified atom stereocenters. The van der Waals surface area contributed by atoms with E-state index in [9.17, 15) is 0 Å². The van der Waals surface area contributed by atoms with Gasteiger partial charge in [0.05, 0.1) is 0 Å². The number of halogens is 1. The van der Waals surface area contributed by atoms with E-state index in [1.54, 1.807) is 0 Å². The van der Waals surface area contributed by atoms with Gasteiger partial charge in [0.1, 0.15) is 0 Å². The van der Waals surface area contributed by atoms with Crippen molar-refractivity contribution < 1.29 is 0 Å². The van der Waals surface area contributed by atoms with Gasteiger partial charge in [-0.15, -0.1) is 0 Å². The van der Waals surface area contributed by atoms with Crippen molar-refractivity contribution in [2.24, 2.45) is 0 Å². The third-order valence-electron chi connectivity index (χ3n) is 2.84. The Hall–Kier alpha value is -1.67. The molecule has 0 aliphatic rings. The van der Waals surface area contributed by atoms with Gasteiger partial charge in [0, 0.05) is 16.9 Å². The van der Waals surface area contributed by atoms with Crippen molar-refractivity contribution in [2.75, 3.05) is 0 Å². The van der Waals surface area contributed by atoms with E-state index in [0.29, 0.717) is 0 Å². The highest BCUT2D eigenvalue weighted by atomic mass is 79.9. The lowest BCUT2D eigenvalue weighted by atomic mass is 9.99. The number of benzene rings is 2. The summed E-state index contributed by atoms with van der Waals surface area (Å²) in [4.78, 5) is 4.06. The lowest BCUT2D eigenvalue weighted by Crippen LogP contribution is -1.82. The maximum atomic E-state index is 4.06. The zero-order chi connectivity index (χ0) is 11.7. The van der Waals surface area contributed by atoms with E-state index in [0.717, 1.165) is 4.47 Å². The van der Waals surface area contributed by atoms with Gasteiger partial charge >= 0.3 is 0 Å². The van der Waals surface area contributed by atoms with Gasteiger partial charge in [-0.2, -0.15) is 0 Å². The summed E-state index contributed by atoms with van der Waals surface area (Å²) >= 11 is 3.53. The van der Waals surface area contributed by atoms with Crippen LogP contribution in [0.25, 0.3) is 21.9 Å². The molecule has 17 heavy (non-hydrogen) atoms. The molecule has 1 aromatic heterocycles. The van der Waals surface area contributed by atoms with E-state index in [1.807, 2.05) is 24.5 Å². The Morgan fingerprint density at radius 1 is 0.882 bits per heavy atom. The number of pyridine rings is 1. The molecule has 2 aromatic carbocycles. The zero-order valence-corrected chi connectivity index (χ0v) is 10.7. The number of rotatable bonds is 1. The summed E-state index contributed by atoms with van der Waals surface area (Å²) in [5, 5.41) is 2.51. The first-order valence-electron chi connectivity index (χ1n) is 5.43. The molecule has 0 atom stereocenters. The molecular formula is C15H10BrN. The van der Waals surface area contributed by atoms with Crippen LogP contribution in [0.2, 0.25) is 0 Å². The van der Waals surface area contributed by atoms with Crippen LogP contribution in [-0.4, -0.2) is 4.98 Å². The largest absolute Gasteiger partial charge is 0.265 e. The van der Waals surface area contributed by atoms with Gasteiger partial charge in [-0.25, -0.2) is 0 Å². The quantitative estimate of drug-likeness (QED) is 0.633. The molecule has 0 saturated carbocycles. The molecule has 0 saturated heterocycles. The highest BCUT2D eigenvalue weighted by Gasteiger charge is 2.03. The van der Waals surface area contributed by atoms with Crippen LogP contribution in [0.1, 0.15) is 0 Å². The topological polar surface area (TPSA) is 12.9 Å². The monoisotopic (exact) mass is 283 g/mol. The van der Waals surface area contributed by atoms with E-state index >= 15 is 0 Å². The first-order valence-corrected chi connectivity index (χ1v) is 6.22. The van der Waals surface area contributed by atoms with Crippen molar-refractivity contribution in [2.45, 2.75) is 0 Å². The molecule has 0 radical (unpaired) electrons. The van der Waals surface area contributed by atoms with Gasteiger partial charge in [-0.05, 0) is 46.2 Å². The average Bonchev–Trinajstić information content (AvgIpc) is 2.39. The number of aromatic nitrogens is 1. The second-order valence-electron chi connectivity index (χ2n) is 3.91. The zero-order valence-electron chi connectivity index (χ0n) is 9.10. The molecular weight excluding hydrogens is 274 g/mol. The second-order valence-corrected chi connectivity index (χ2v) is 4.82. The van der Waals surface area contributed by atoms with Gasteiger partial charge in [0.2, 0.25) is 0 Å². The van der Waals surface area contributed by atoms with E-state index in [-0.39, 0.29) is 0 Å². The maximum absolute atomic E-state index is 4.06. The first kappa shape index (κ1) is 10.5. The third-order valence-corrected chi connectivity index (χ3v) is 3.33. The van der Waals surface area contributed by atoms with Crippen molar-refractivity contribution in [3.8, 4) is 11.1 Å². The Labute approximate surface area is 108 Å². The summed E-state index contributed by atoms with van der Waals surface area (Å²) in [6, 6.07) is 16.8. The lowest BCUT2D eigenvalue weighted by Gasteiger charge is -2.06. The van der Waals surface area contributed by atoms with Gasteiger partial charge in [-0.1, -0.05) is 40.2 Å². The predicted octanol–water partition coefficient (Wildman–Crippen LogP) is 4.66. The molecule has 82 valence electrons. The van der Waals surface area contributed by atoms with Crippen LogP contribution in [0, 0.1) is 0 Å². The molecule has 0 aliphatic heterocycles. The molecule has 1 nitrogen and oxygen atoms in total. The van der Waals surface area contributed by atoms with Crippen LogP contribution in [0.5, 0.6) is 0 Å². The molecule has 0 aliphatic carbocycles. The van der Waals surface area contributed by atoms with Gasteiger partial charge in [0.25, 0.3) is 0 Å². The predicted molar refractivity (Wildman–Crippen MR) is 74.9 cm³/mol. The normalized spacial score (nSPS) is 10.6. The molecule has 0 fully saturated rings. The Bertz CT molecular complexity index is 662. The molecule has 3 rings (SSSR count). The van der Waals surface area contributed by atoms with Gasteiger partial charge in [-0.3, -0.25) is 4.98 Å². The number of hydrogen-bond donors (Lipinski definition) is 0. The number of fused-ring (bicyclic) bond motifs is 1. The van der Waals surface area contributed by atoms with Gasteiger partial charge < -0.3 is 0 Å². The molecule has 0 amide bonds. The van der Waals surface area contributed by atoms with Crippen molar-refractivity contribution in [1.82, 2.24) is 4.98 Å². The van der Waals surface area contributed by atoms with Crippen LogP contribution in [0.4, 0.5) is 0 Å². The highest BCUT2D eigenvalue weighted by molar-refractivity contribution is 9.10. The fourth-order valence-corrected chi connectivity index (χ4v) is 2.39. The van der Waals surface area contributed by atoms with E-state index in [4.69, 9.17) is 0 Å². The standard InChI is InChI=1S/C15H10BrN/c16-13-5-4-11-2-1-3-14(15(11)10-13)12-6-8-17-9-7-12/h1-10H. The van der Waals surface area contributed by atoms with Crippen LogP contribution >= 0.6 is 15.9 Å². The smallest absolute Gasteiger partial charge is 0.0273 e. The SMILES string of the molecule is Brc1ccc2cccc(-c3ccncc3)c2c1. The maximum Gasteiger partial charge on any atom is 0.0273 e. The Morgan fingerprint density at radius 2 is 1.71 bits per heavy atom. The molecule has 0 spiro atoms. The summed E-state index contributed by atoms with van der Waals surface area (Å²) in [6.45, 7) is 0. The van der Waals surface area contributed by atoms with Gasteiger partial charge in [0.15, 0.2) is 0 Å². The van der Waals surface area contributed by atoms with Crippen LogP contribution in [-0.2, 0) is 0 Å². The lowest BCUT2D eigenvalue weighted by molar-refractivity contribution is 1.33. The fraction of sp³-hybridized carbons (Fsp3) is 0. The Kier molecular flexibility index (Phi) is 2.65. The van der Waals surface area contributed by atoms with E-state index in [2.05, 4.69) is 57.3 Å². The Balaban J connectivity index is 2.33. The molecule has 0 N–H and O–H groups in total. The minimum atomic E-state index is 1.10. The fourth-order valence-electron chi connectivity index (χ4n) is 2.03. The molecule has 1 heterocycles. The minimum absolute atomic E-state index is 1.10. The Morgan fingerprint density at radius 3 is 2.53 bits per heavy atom. The summed E-state index contributed by atoms with van der Waals surface area (Å²) < 4.78 is 1.10. The van der Waals surface area contributed by atoms with E-state index in [1.165, 1.54) is 21.9 Å². The summed E-state index contributed by atoms with van der Waals surface area (Å²) in [5.74, 6) is 0. The highest BCUT2D eigenvalue weighted by Crippen LogP contribution is 2.30. The first-order chi connectivity index (χ1) is 8.34. The van der Waals surface area contributed by atoms with Crippen molar-refractivity contribution >= 4 is 26.7 Å². The summed E-state index contributed by atoms with van der Waals surface area (Å²) in [7, 11) is 0. The summed E-state index contributed by atoms with van der Waals surface area (Å²) in [5.41, 5.74) is 2.44. The molecule has 3 aromatic rings. The van der Waals surface area contributed by atoms with Crippen LogP contribution < -0.4 is 0 Å². The number of nitrogens with zero attached hydrogens (tertiary/aromatic N) is 1. The van der Waals surface area contributed by atoms with E-state index < -0.39 is 0 Å². The van der Waals surface area contributed by atoms with Crippen molar-refractivity contribution in [3.63, 3.8) is 0 Å². The third kappa shape index (κ3) is 1.96. The average molecular weight is 284 g/mol. The minimum Gasteiger partial charge on any atom is -0.265 e. The van der Waals surface area contributed by atoms with Crippen molar-refractivity contribution in [3.05, 3.63) is 65.4 Å². The molecule has 0 bridgehead atoms. The van der Waals surface area contributed by atoms with Crippen LogP contribution in [0.3, 0.4) is 0 Å². The summed E-state index contributed by atoms with van der Waals surface area (Å²) in [6.07, 6.45) is 3.65. The second kappa shape index (κ2) is 4.30.